The van der Waals surface area contributed by atoms with Gasteiger partial charge in [-0.05, 0) is 55.7 Å². The van der Waals surface area contributed by atoms with Crippen LogP contribution in [0.15, 0.2) is 42.6 Å². The summed E-state index contributed by atoms with van der Waals surface area (Å²) >= 11 is 0. The van der Waals surface area contributed by atoms with Crippen LogP contribution in [-0.2, 0) is 31.4 Å². The van der Waals surface area contributed by atoms with Crippen LogP contribution < -0.4 is 5.73 Å². The Morgan fingerprint density at radius 3 is 2.55 bits per heavy atom. The SMILES string of the molecule is CC(C)OCc1cnn(C)c1-c1ccc2c(c1)CN(C(CN)Cc1cc(F)cc(F)c1)C2=O. The van der Waals surface area contributed by atoms with Gasteiger partial charge in [-0.1, -0.05) is 6.07 Å². The van der Waals surface area contributed by atoms with Crippen LogP contribution in [0.4, 0.5) is 8.78 Å². The molecule has 33 heavy (non-hydrogen) atoms. The quantitative estimate of drug-likeness (QED) is 0.562. The van der Waals surface area contributed by atoms with Gasteiger partial charge in [0.25, 0.3) is 5.91 Å². The van der Waals surface area contributed by atoms with E-state index in [1.165, 1.54) is 12.1 Å². The lowest BCUT2D eigenvalue weighted by Gasteiger charge is -2.26. The van der Waals surface area contributed by atoms with Crippen molar-refractivity contribution < 1.29 is 18.3 Å². The van der Waals surface area contributed by atoms with Crippen LogP contribution in [0.25, 0.3) is 11.3 Å². The molecule has 1 atom stereocenters. The second-order valence-corrected chi connectivity index (χ2v) is 8.68. The molecule has 4 rings (SSSR count). The minimum Gasteiger partial charge on any atom is -0.374 e. The van der Waals surface area contributed by atoms with Crippen molar-refractivity contribution in [3.8, 4) is 11.3 Å². The van der Waals surface area contributed by atoms with Crippen LogP contribution in [0.5, 0.6) is 0 Å². The predicted molar refractivity (Wildman–Crippen MR) is 121 cm³/mol. The number of nitrogens with two attached hydrogens (primary N) is 1. The summed E-state index contributed by atoms with van der Waals surface area (Å²) in [5.74, 6) is -1.41. The lowest BCUT2D eigenvalue weighted by Crippen LogP contribution is -2.42. The largest absolute Gasteiger partial charge is 0.374 e. The third-order valence-electron chi connectivity index (χ3n) is 5.90. The van der Waals surface area contributed by atoms with Gasteiger partial charge in [-0.3, -0.25) is 9.48 Å². The smallest absolute Gasteiger partial charge is 0.254 e. The van der Waals surface area contributed by atoms with E-state index in [1.807, 2.05) is 39.1 Å². The molecule has 0 aliphatic carbocycles. The van der Waals surface area contributed by atoms with Crippen LogP contribution >= 0.6 is 0 Å². The zero-order valence-corrected chi connectivity index (χ0v) is 19.0. The Bertz CT molecular complexity index is 1150. The molecule has 1 unspecified atom stereocenters. The maximum absolute atomic E-state index is 13.6. The summed E-state index contributed by atoms with van der Waals surface area (Å²) in [6.07, 6.45) is 2.17. The highest BCUT2D eigenvalue weighted by Gasteiger charge is 2.33. The van der Waals surface area contributed by atoms with Crippen molar-refractivity contribution in [2.24, 2.45) is 12.8 Å². The van der Waals surface area contributed by atoms with Crippen molar-refractivity contribution in [3.63, 3.8) is 0 Å². The van der Waals surface area contributed by atoms with Crippen LogP contribution in [0.1, 0.15) is 40.9 Å². The third-order valence-corrected chi connectivity index (χ3v) is 5.90. The average molecular weight is 455 g/mol. The molecule has 6 nitrogen and oxygen atoms in total. The number of ether oxygens (including phenoxy) is 1. The van der Waals surface area contributed by atoms with Crippen LogP contribution in [0.2, 0.25) is 0 Å². The molecule has 2 N–H and O–H groups in total. The molecule has 1 aliphatic heterocycles. The summed E-state index contributed by atoms with van der Waals surface area (Å²) in [4.78, 5) is 14.8. The van der Waals surface area contributed by atoms with E-state index in [4.69, 9.17) is 10.5 Å². The molecule has 1 aliphatic rings. The molecular weight excluding hydrogens is 426 g/mol. The Kier molecular flexibility index (Phi) is 6.58. The van der Waals surface area contributed by atoms with Crippen molar-refractivity contribution in [1.29, 1.82) is 0 Å². The van der Waals surface area contributed by atoms with Gasteiger partial charge in [0.2, 0.25) is 0 Å². The molecule has 0 saturated heterocycles. The molecule has 0 fully saturated rings. The van der Waals surface area contributed by atoms with E-state index in [1.54, 1.807) is 15.8 Å². The first kappa shape index (κ1) is 23.1. The maximum Gasteiger partial charge on any atom is 0.254 e. The van der Waals surface area contributed by atoms with Crippen molar-refractivity contribution in [3.05, 3.63) is 76.5 Å². The van der Waals surface area contributed by atoms with Gasteiger partial charge in [0, 0.05) is 48.9 Å². The van der Waals surface area contributed by atoms with Crippen molar-refractivity contribution in [1.82, 2.24) is 14.7 Å². The third kappa shape index (κ3) is 4.82. The Morgan fingerprint density at radius 1 is 1.15 bits per heavy atom. The van der Waals surface area contributed by atoms with Gasteiger partial charge in [-0.2, -0.15) is 5.10 Å². The van der Waals surface area contributed by atoms with Crippen LogP contribution in [0, 0.1) is 11.6 Å². The van der Waals surface area contributed by atoms with Crippen LogP contribution in [-0.4, -0.2) is 39.3 Å². The molecule has 0 saturated carbocycles. The Balaban J connectivity index is 1.58. The van der Waals surface area contributed by atoms with E-state index in [-0.39, 0.29) is 31.0 Å². The lowest BCUT2D eigenvalue weighted by atomic mass is 10.0. The molecule has 2 aromatic carbocycles. The molecule has 1 amide bonds. The molecular formula is C25H28F2N4O2. The standard InChI is InChI=1S/C25H28F2N4O2/c1-15(2)33-14-19-12-29-30(3)24(19)17-4-5-23-18(9-17)13-31(25(23)32)22(11-28)8-16-6-20(26)10-21(27)7-16/h4-7,9-10,12,15,22H,8,11,13-14,28H2,1-3H3. The number of fused-ring (bicyclic) bond motifs is 1. The number of hydrogen-bond acceptors (Lipinski definition) is 4. The first-order chi connectivity index (χ1) is 15.8. The van der Waals surface area contributed by atoms with Gasteiger partial charge >= 0.3 is 0 Å². The molecule has 174 valence electrons. The Morgan fingerprint density at radius 2 is 1.88 bits per heavy atom. The number of carbonyl (C=O) groups excluding carboxylic acids is 1. The fraction of sp³-hybridized carbons (Fsp3) is 0.360. The number of carbonyl (C=O) groups is 1. The summed E-state index contributed by atoms with van der Waals surface area (Å²) in [5, 5.41) is 4.38. The van der Waals surface area contributed by atoms with Gasteiger partial charge in [0.05, 0.1) is 24.6 Å². The van der Waals surface area contributed by atoms with Gasteiger partial charge in [-0.15, -0.1) is 0 Å². The summed E-state index contributed by atoms with van der Waals surface area (Å²) in [5.41, 5.74) is 10.8. The van der Waals surface area contributed by atoms with Crippen LogP contribution in [0.3, 0.4) is 0 Å². The monoisotopic (exact) mass is 454 g/mol. The Labute approximate surface area is 192 Å². The zero-order valence-electron chi connectivity index (χ0n) is 19.0. The second kappa shape index (κ2) is 9.41. The summed E-state index contributed by atoms with van der Waals surface area (Å²) in [6, 6.07) is 8.75. The van der Waals surface area contributed by atoms with Gasteiger partial charge in [0.1, 0.15) is 11.6 Å². The average Bonchev–Trinajstić information content (AvgIpc) is 3.29. The first-order valence-electron chi connectivity index (χ1n) is 11.0. The molecule has 8 heteroatoms. The fourth-order valence-corrected chi connectivity index (χ4v) is 4.32. The number of halogens is 2. The van der Waals surface area contributed by atoms with E-state index in [9.17, 15) is 13.6 Å². The topological polar surface area (TPSA) is 73.4 Å². The highest BCUT2D eigenvalue weighted by atomic mass is 19.1. The second-order valence-electron chi connectivity index (χ2n) is 8.68. The number of rotatable bonds is 8. The molecule has 3 aromatic rings. The number of hydrogen-bond donors (Lipinski definition) is 1. The van der Waals surface area contributed by atoms with Gasteiger partial charge < -0.3 is 15.4 Å². The van der Waals surface area contributed by atoms with E-state index in [0.29, 0.717) is 24.3 Å². The predicted octanol–water partition coefficient (Wildman–Crippen LogP) is 3.82. The maximum atomic E-state index is 13.6. The molecule has 0 bridgehead atoms. The minimum absolute atomic E-state index is 0.101. The molecule has 0 radical (unpaired) electrons. The number of aryl methyl sites for hydroxylation is 1. The molecule has 1 aromatic heterocycles. The highest BCUT2D eigenvalue weighted by molar-refractivity contribution is 5.99. The highest BCUT2D eigenvalue weighted by Crippen LogP contribution is 2.32. The first-order valence-corrected chi connectivity index (χ1v) is 11.0. The van der Waals surface area contributed by atoms with Crippen molar-refractivity contribution in [2.75, 3.05) is 6.54 Å². The van der Waals surface area contributed by atoms with Crippen molar-refractivity contribution in [2.45, 2.75) is 45.6 Å². The van der Waals surface area contributed by atoms with Crippen molar-refractivity contribution >= 4 is 5.91 Å². The fourth-order valence-electron chi connectivity index (χ4n) is 4.32. The summed E-state index contributed by atoms with van der Waals surface area (Å²) in [7, 11) is 1.88. The van der Waals surface area contributed by atoms with Gasteiger partial charge in [-0.25, -0.2) is 8.78 Å². The number of nitrogens with zero attached hydrogens (tertiary/aromatic N) is 3. The Hall–Kier alpha value is -3.10. The summed E-state index contributed by atoms with van der Waals surface area (Å²) < 4.78 is 34.8. The number of amides is 1. The molecule has 0 spiro atoms. The number of aromatic nitrogens is 2. The van der Waals surface area contributed by atoms with E-state index < -0.39 is 11.6 Å². The van der Waals surface area contributed by atoms with E-state index in [0.717, 1.165) is 28.5 Å². The molecule has 2 heterocycles. The normalized spacial score (nSPS) is 14.3. The number of benzene rings is 2. The zero-order chi connectivity index (χ0) is 23.7. The van der Waals surface area contributed by atoms with Gasteiger partial charge in [0.15, 0.2) is 0 Å². The minimum atomic E-state index is -0.644. The lowest BCUT2D eigenvalue weighted by molar-refractivity contribution is 0.0659. The van der Waals surface area contributed by atoms with E-state index in [2.05, 4.69) is 5.10 Å². The van der Waals surface area contributed by atoms with E-state index >= 15 is 0 Å². The summed E-state index contributed by atoms with van der Waals surface area (Å²) in [6.45, 7) is 4.98.